The van der Waals surface area contributed by atoms with E-state index in [0.29, 0.717) is 25.3 Å². The number of hydrogen-bond donors (Lipinski definition) is 0. The molecule has 1 atom stereocenters. The van der Waals surface area contributed by atoms with Crippen LogP contribution in [0.1, 0.15) is 6.42 Å². The van der Waals surface area contributed by atoms with E-state index in [1.54, 1.807) is 29.2 Å². The van der Waals surface area contributed by atoms with Gasteiger partial charge in [0.2, 0.25) is 5.91 Å². The summed E-state index contributed by atoms with van der Waals surface area (Å²) >= 11 is 0. The van der Waals surface area contributed by atoms with Crippen LogP contribution in [0, 0.1) is 0 Å². The van der Waals surface area contributed by atoms with Gasteiger partial charge >= 0.3 is 0 Å². The van der Waals surface area contributed by atoms with Crippen molar-refractivity contribution in [2.45, 2.75) is 17.4 Å². The first-order chi connectivity index (χ1) is 13.8. The third kappa shape index (κ3) is 3.36. The minimum absolute atomic E-state index is 0.0543. The molecule has 2 aromatic carbocycles. The lowest BCUT2D eigenvalue weighted by Crippen LogP contribution is -2.42. The number of rotatable bonds is 4. The molecule has 1 fully saturated rings. The van der Waals surface area contributed by atoms with E-state index in [-0.39, 0.29) is 16.8 Å². The summed E-state index contributed by atoms with van der Waals surface area (Å²) in [6, 6.07) is 14.1. The molecular weight excluding hydrogens is 388 g/mol. The number of fused-ring (bicyclic) bond motifs is 1. The van der Waals surface area contributed by atoms with Crippen LogP contribution in [0.2, 0.25) is 0 Å². The molecule has 0 bridgehead atoms. The highest BCUT2D eigenvalue weighted by molar-refractivity contribution is 7.92. The number of para-hydroxylation sites is 2. The molecule has 0 aromatic heterocycles. The van der Waals surface area contributed by atoms with Crippen LogP contribution in [0.25, 0.3) is 0 Å². The van der Waals surface area contributed by atoms with E-state index in [1.807, 2.05) is 50.3 Å². The Morgan fingerprint density at radius 2 is 1.59 bits per heavy atom. The van der Waals surface area contributed by atoms with Crippen LogP contribution in [-0.2, 0) is 14.8 Å². The summed E-state index contributed by atoms with van der Waals surface area (Å²) in [7, 11) is 2.08. The molecule has 29 heavy (non-hydrogen) atoms. The molecule has 0 spiro atoms. The van der Waals surface area contributed by atoms with E-state index in [2.05, 4.69) is 4.90 Å². The minimum Gasteiger partial charge on any atom is -0.371 e. The lowest BCUT2D eigenvalue weighted by molar-refractivity contribution is -0.120. The van der Waals surface area contributed by atoms with E-state index in [9.17, 15) is 13.2 Å². The lowest BCUT2D eigenvalue weighted by atomic mass is 10.2. The molecule has 1 saturated heterocycles. The second-order valence-electron chi connectivity index (χ2n) is 7.74. The topological polar surface area (TPSA) is 64.2 Å². The number of nitrogens with zero attached hydrogens (tertiary/aromatic N) is 4. The van der Waals surface area contributed by atoms with Crippen LogP contribution in [-0.4, -0.2) is 66.0 Å². The number of likely N-dealkylation sites (N-methyl/N-ethyl adjacent to an activating group) is 2. The second-order valence-corrected chi connectivity index (χ2v) is 9.60. The third-order valence-electron chi connectivity index (χ3n) is 5.74. The van der Waals surface area contributed by atoms with Crippen molar-refractivity contribution in [3.05, 3.63) is 48.5 Å². The minimum atomic E-state index is -3.68. The zero-order valence-corrected chi connectivity index (χ0v) is 17.8. The van der Waals surface area contributed by atoms with Crippen molar-refractivity contribution in [2.24, 2.45) is 0 Å². The van der Waals surface area contributed by atoms with Gasteiger partial charge in [-0.3, -0.25) is 14.0 Å². The molecule has 7 nitrogen and oxygen atoms in total. The van der Waals surface area contributed by atoms with Gasteiger partial charge in [0, 0.05) is 25.8 Å². The summed E-state index contributed by atoms with van der Waals surface area (Å²) in [6.07, 6.45) is 0.768. The average molecular weight is 415 g/mol. The molecular formula is C21H26N4O3S. The summed E-state index contributed by atoms with van der Waals surface area (Å²) in [4.78, 5) is 18.5. The lowest BCUT2D eigenvalue weighted by Gasteiger charge is -2.36. The van der Waals surface area contributed by atoms with Crippen molar-refractivity contribution < 1.29 is 13.2 Å². The first-order valence-electron chi connectivity index (χ1n) is 9.71. The highest BCUT2D eigenvalue weighted by atomic mass is 32.2. The zero-order valence-electron chi connectivity index (χ0n) is 16.9. The zero-order chi connectivity index (χ0) is 20.8. The molecule has 2 aliphatic rings. The maximum absolute atomic E-state index is 13.3. The predicted molar refractivity (Wildman–Crippen MR) is 115 cm³/mol. The molecule has 2 heterocycles. The van der Waals surface area contributed by atoms with Crippen LogP contribution >= 0.6 is 0 Å². The predicted octanol–water partition coefficient (Wildman–Crippen LogP) is 2.00. The highest BCUT2D eigenvalue weighted by Crippen LogP contribution is 2.36. The third-order valence-corrected chi connectivity index (χ3v) is 7.56. The second kappa shape index (κ2) is 7.35. The fraction of sp³-hybridized carbons (Fsp3) is 0.381. The molecule has 2 aromatic rings. The van der Waals surface area contributed by atoms with Crippen LogP contribution in [0.15, 0.2) is 53.4 Å². The average Bonchev–Trinajstić information content (AvgIpc) is 3.10. The van der Waals surface area contributed by atoms with Crippen LogP contribution < -0.4 is 14.1 Å². The Morgan fingerprint density at radius 1 is 0.931 bits per heavy atom. The Labute approximate surface area is 172 Å². The Morgan fingerprint density at radius 3 is 2.21 bits per heavy atom. The summed E-state index contributed by atoms with van der Waals surface area (Å²) in [5.74, 6) is 0.0543. The summed E-state index contributed by atoms with van der Waals surface area (Å²) in [5, 5.41) is 0. The normalized spacial score (nSPS) is 19.8. The van der Waals surface area contributed by atoms with Gasteiger partial charge in [-0.15, -0.1) is 0 Å². The van der Waals surface area contributed by atoms with Crippen molar-refractivity contribution in [3.63, 3.8) is 0 Å². The molecule has 0 saturated carbocycles. The van der Waals surface area contributed by atoms with Gasteiger partial charge in [0.15, 0.2) is 0 Å². The number of carbonyl (C=O) groups excluding carboxylic acids is 1. The van der Waals surface area contributed by atoms with Crippen molar-refractivity contribution in [1.29, 1.82) is 0 Å². The van der Waals surface area contributed by atoms with E-state index in [0.717, 1.165) is 17.8 Å². The number of benzene rings is 2. The summed E-state index contributed by atoms with van der Waals surface area (Å²) in [5.41, 5.74) is 2.32. The van der Waals surface area contributed by atoms with Gasteiger partial charge in [-0.2, -0.15) is 0 Å². The van der Waals surface area contributed by atoms with Gasteiger partial charge in [0.25, 0.3) is 10.0 Å². The standard InChI is InChI=1S/C21H26N4O3S/c1-22(2)20-12-13-24(21(20)26)16-8-10-17(11-9-16)29(27,28)25-15-14-23(3)18-6-4-5-7-19(18)25/h4-11,20H,12-15H2,1-3H3. The van der Waals surface area contributed by atoms with E-state index >= 15 is 0 Å². The summed E-state index contributed by atoms with van der Waals surface area (Å²) in [6.45, 7) is 1.66. The van der Waals surface area contributed by atoms with Crippen LogP contribution in [0.5, 0.6) is 0 Å². The quantitative estimate of drug-likeness (QED) is 0.766. The number of carbonyl (C=O) groups is 1. The Kier molecular flexibility index (Phi) is 5.00. The Bertz CT molecular complexity index is 1020. The number of amides is 1. The Hall–Kier alpha value is -2.58. The molecule has 154 valence electrons. The van der Waals surface area contributed by atoms with Crippen molar-refractivity contribution in [1.82, 2.24) is 4.90 Å². The molecule has 0 N–H and O–H groups in total. The fourth-order valence-electron chi connectivity index (χ4n) is 4.05. The van der Waals surface area contributed by atoms with Crippen molar-refractivity contribution >= 4 is 33.0 Å². The molecule has 1 amide bonds. The molecule has 4 rings (SSSR count). The molecule has 0 radical (unpaired) electrons. The van der Waals surface area contributed by atoms with E-state index in [1.165, 1.54) is 4.31 Å². The van der Waals surface area contributed by atoms with Gasteiger partial charge in [-0.05, 0) is 56.9 Å². The smallest absolute Gasteiger partial charge is 0.264 e. The molecule has 8 heteroatoms. The monoisotopic (exact) mass is 414 g/mol. The Balaban J connectivity index is 1.61. The SMILES string of the molecule is CN1CCN(S(=O)(=O)c2ccc(N3CCC(N(C)C)C3=O)cc2)c2ccccc21. The maximum atomic E-state index is 13.3. The largest absolute Gasteiger partial charge is 0.371 e. The van der Waals surface area contributed by atoms with Gasteiger partial charge < -0.3 is 9.80 Å². The van der Waals surface area contributed by atoms with Crippen molar-refractivity contribution in [2.75, 3.05) is 54.9 Å². The number of sulfonamides is 1. The molecule has 2 aliphatic heterocycles. The van der Waals surface area contributed by atoms with E-state index in [4.69, 9.17) is 0 Å². The van der Waals surface area contributed by atoms with E-state index < -0.39 is 10.0 Å². The van der Waals surface area contributed by atoms with Crippen molar-refractivity contribution in [3.8, 4) is 0 Å². The van der Waals surface area contributed by atoms with Gasteiger partial charge in [-0.1, -0.05) is 12.1 Å². The maximum Gasteiger partial charge on any atom is 0.264 e. The van der Waals surface area contributed by atoms with Crippen LogP contribution in [0.3, 0.4) is 0 Å². The fourth-order valence-corrected chi connectivity index (χ4v) is 5.52. The van der Waals surface area contributed by atoms with Gasteiger partial charge in [-0.25, -0.2) is 8.42 Å². The highest BCUT2D eigenvalue weighted by Gasteiger charge is 2.34. The number of hydrogen-bond acceptors (Lipinski definition) is 5. The van der Waals surface area contributed by atoms with Gasteiger partial charge in [0.1, 0.15) is 0 Å². The summed E-state index contributed by atoms with van der Waals surface area (Å²) < 4.78 is 28.1. The first kappa shape index (κ1) is 19.7. The van der Waals surface area contributed by atoms with Gasteiger partial charge in [0.05, 0.1) is 28.9 Å². The first-order valence-corrected chi connectivity index (χ1v) is 11.2. The molecule has 1 unspecified atom stereocenters. The molecule has 0 aliphatic carbocycles. The van der Waals surface area contributed by atoms with Crippen LogP contribution in [0.4, 0.5) is 17.1 Å². The number of anilines is 3.